The van der Waals surface area contributed by atoms with E-state index in [2.05, 4.69) is 23.5 Å². The quantitative estimate of drug-likeness (QED) is 0.848. The summed E-state index contributed by atoms with van der Waals surface area (Å²) in [7, 11) is 0. The molecule has 88 valence electrons. The lowest BCUT2D eigenvalue weighted by atomic mass is 10.0. The number of fused-ring (bicyclic) bond motifs is 1. The molecule has 0 saturated carbocycles. The minimum atomic E-state index is -0.292. The van der Waals surface area contributed by atoms with Crippen LogP contribution in [0, 0.1) is 0 Å². The number of halogens is 1. The number of alkyl halides is 1. The van der Waals surface area contributed by atoms with Gasteiger partial charge in [-0.05, 0) is 36.6 Å². The summed E-state index contributed by atoms with van der Waals surface area (Å²) in [5.41, 5.74) is 2.70. The second-order valence-electron chi connectivity index (χ2n) is 4.15. The minimum Gasteiger partial charge on any atom is -0.311 e. The van der Waals surface area contributed by atoms with E-state index >= 15 is 0 Å². The Kier molecular flexibility index (Phi) is 4.24. The van der Waals surface area contributed by atoms with Crippen molar-refractivity contribution in [2.24, 2.45) is 0 Å². The Morgan fingerprint density at radius 3 is 3.12 bits per heavy atom. The zero-order valence-electron chi connectivity index (χ0n) is 9.63. The zero-order valence-corrected chi connectivity index (χ0v) is 10.4. The van der Waals surface area contributed by atoms with Crippen LogP contribution in [-0.2, 0) is 12.8 Å². The van der Waals surface area contributed by atoms with Crippen molar-refractivity contribution in [1.29, 1.82) is 0 Å². The molecule has 0 fully saturated rings. The molecule has 16 heavy (non-hydrogen) atoms. The molecule has 0 bridgehead atoms. The van der Waals surface area contributed by atoms with Gasteiger partial charge in [-0.2, -0.15) is 0 Å². The van der Waals surface area contributed by atoms with E-state index in [9.17, 15) is 4.39 Å². The summed E-state index contributed by atoms with van der Waals surface area (Å²) in [6, 6.07) is 6.54. The molecule has 1 nitrogen and oxygen atoms in total. The van der Waals surface area contributed by atoms with Crippen LogP contribution in [0.5, 0.6) is 0 Å². The lowest BCUT2D eigenvalue weighted by molar-refractivity contribution is 0.377. The third kappa shape index (κ3) is 2.77. The second-order valence-corrected chi connectivity index (χ2v) is 5.29. The number of likely N-dealkylation sites (N-methyl/N-ethyl adjacent to an activating group) is 1. The average molecular weight is 239 g/mol. The highest BCUT2D eigenvalue weighted by Gasteiger charge is 2.13. The van der Waals surface area contributed by atoms with Gasteiger partial charge in [-0.15, -0.1) is 11.8 Å². The van der Waals surface area contributed by atoms with Gasteiger partial charge < -0.3 is 5.32 Å². The molecule has 0 radical (unpaired) electrons. The fraction of sp³-hybridized carbons (Fsp3) is 0.538. The Hall–Kier alpha value is -0.540. The summed E-state index contributed by atoms with van der Waals surface area (Å²) in [6.07, 6.45) is 1.96. The van der Waals surface area contributed by atoms with Crippen molar-refractivity contribution in [2.75, 3.05) is 19.0 Å². The number of hydrogen-bond donors (Lipinski definition) is 1. The van der Waals surface area contributed by atoms with E-state index in [-0.39, 0.29) is 12.7 Å². The number of hydrogen-bond acceptors (Lipinski definition) is 2. The van der Waals surface area contributed by atoms with E-state index in [1.807, 2.05) is 18.7 Å². The predicted octanol–water partition coefficient (Wildman–Crippen LogP) is 2.82. The van der Waals surface area contributed by atoms with Gasteiger partial charge in [0.05, 0.1) is 0 Å². The largest absolute Gasteiger partial charge is 0.311 e. The Balaban J connectivity index is 2.04. The third-order valence-electron chi connectivity index (χ3n) is 2.92. The first kappa shape index (κ1) is 11.9. The van der Waals surface area contributed by atoms with Gasteiger partial charge in [0.2, 0.25) is 0 Å². The molecule has 1 aromatic carbocycles. The fourth-order valence-electron chi connectivity index (χ4n) is 2.12. The summed E-state index contributed by atoms with van der Waals surface area (Å²) in [6.45, 7) is 2.55. The first-order valence-corrected chi connectivity index (χ1v) is 6.86. The molecule has 1 heterocycles. The van der Waals surface area contributed by atoms with Crippen LogP contribution < -0.4 is 5.32 Å². The molecule has 1 aliphatic rings. The molecule has 1 aromatic rings. The second kappa shape index (κ2) is 5.69. The molecule has 1 aliphatic heterocycles. The van der Waals surface area contributed by atoms with Crippen LogP contribution >= 0.6 is 11.8 Å². The molecular formula is C13H18FNS. The maximum atomic E-state index is 12.7. The highest BCUT2D eigenvalue weighted by Crippen LogP contribution is 2.31. The van der Waals surface area contributed by atoms with Gasteiger partial charge in [0.15, 0.2) is 0 Å². The van der Waals surface area contributed by atoms with Gasteiger partial charge in [0.1, 0.15) is 6.67 Å². The molecule has 0 amide bonds. The lowest BCUT2D eigenvalue weighted by Crippen LogP contribution is -2.32. The molecule has 2 rings (SSSR count). The molecule has 1 N–H and O–H groups in total. The van der Waals surface area contributed by atoms with Crippen molar-refractivity contribution in [3.05, 3.63) is 29.3 Å². The van der Waals surface area contributed by atoms with Crippen molar-refractivity contribution in [3.8, 4) is 0 Å². The Morgan fingerprint density at radius 2 is 2.38 bits per heavy atom. The monoisotopic (exact) mass is 239 g/mol. The van der Waals surface area contributed by atoms with Crippen molar-refractivity contribution in [1.82, 2.24) is 5.32 Å². The maximum absolute atomic E-state index is 12.7. The van der Waals surface area contributed by atoms with Gasteiger partial charge >= 0.3 is 0 Å². The summed E-state index contributed by atoms with van der Waals surface area (Å²) in [4.78, 5) is 1.41. The summed E-state index contributed by atoms with van der Waals surface area (Å²) >= 11 is 1.92. The third-order valence-corrected chi connectivity index (χ3v) is 4.03. The molecule has 1 unspecified atom stereocenters. The predicted molar refractivity (Wildman–Crippen MR) is 68.0 cm³/mol. The van der Waals surface area contributed by atoms with E-state index in [4.69, 9.17) is 0 Å². The fourth-order valence-corrected chi connectivity index (χ4v) is 3.17. The molecule has 1 atom stereocenters. The van der Waals surface area contributed by atoms with Crippen molar-refractivity contribution in [2.45, 2.75) is 30.7 Å². The average Bonchev–Trinajstić information content (AvgIpc) is 2.75. The molecule has 3 heteroatoms. The molecule has 0 saturated heterocycles. The van der Waals surface area contributed by atoms with Crippen LogP contribution in [0.2, 0.25) is 0 Å². The van der Waals surface area contributed by atoms with Crippen LogP contribution in [0.25, 0.3) is 0 Å². The molecule has 0 aliphatic carbocycles. The van der Waals surface area contributed by atoms with E-state index in [1.165, 1.54) is 21.8 Å². The van der Waals surface area contributed by atoms with Crippen LogP contribution in [0.1, 0.15) is 18.1 Å². The van der Waals surface area contributed by atoms with Crippen molar-refractivity contribution < 1.29 is 4.39 Å². The highest BCUT2D eigenvalue weighted by atomic mass is 32.2. The molecular weight excluding hydrogens is 221 g/mol. The maximum Gasteiger partial charge on any atom is 0.105 e. The Morgan fingerprint density at radius 1 is 1.50 bits per heavy atom. The number of aryl methyl sites for hydroxylation is 1. The Bertz CT molecular complexity index is 354. The van der Waals surface area contributed by atoms with Gasteiger partial charge in [-0.1, -0.05) is 19.1 Å². The first-order valence-electron chi connectivity index (χ1n) is 5.87. The van der Waals surface area contributed by atoms with E-state index in [0.717, 1.165) is 19.4 Å². The normalized spacial score (nSPS) is 16.1. The number of rotatable bonds is 5. The van der Waals surface area contributed by atoms with Crippen molar-refractivity contribution in [3.63, 3.8) is 0 Å². The molecule has 0 aromatic heterocycles. The number of thioether (sulfide) groups is 1. The van der Waals surface area contributed by atoms with Crippen LogP contribution in [0.4, 0.5) is 4.39 Å². The summed E-state index contributed by atoms with van der Waals surface area (Å²) < 4.78 is 12.7. The molecule has 0 spiro atoms. The summed E-state index contributed by atoms with van der Waals surface area (Å²) in [5, 5.41) is 3.17. The van der Waals surface area contributed by atoms with E-state index in [0.29, 0.717) is 0 Å². The van der Waals surface area contributed by atoms with E-state index in [1.54, 1.807) is 0 Å². The topological polar surface area (TPSA) is 12.0 Å². The van der Waals surface area contributed by atoms with Gasteiger partial charge in [-0.3, -0.25) is 0 Å². The highest BCUT2D eigenvalue weighted by molar-refractivity contribution is 7.99. The lowest BCUT2D eigenvalue weighted by Gasteiger charge is -2.14. The summed E-state index contributed by atoms with van der Waals surface area (Å²) in [5.74, 6) is 1.19. The standard InChI is InChI=1S/C13H18FNS/c1-2-15-12(9-14)8-10-3-4-13-11(7-10)5-6-16-13/h3-4,7,12,15H,2,5-6,8-9H2,1H3. The Labute approximate surface area is 101 Å². The van der Waals surface area contributed by atoms with Crippen molar-refractivity contribution >= 4 is 11.8 Å². The minimum absolute atomic E-state index is 0.0305. The zero-order chi connectivity index (χ0) is 11.4. The van der Waals surface area contributed by atoms with Crippen LogP contribution in [0.15, 0.2) is 23.1 Å². The number of nitrogens with one attached hydrogen (secondary N) is 1. The van der Waals surface area contributed by atoms with Crippen LogP contribution in [0.3, 0.4) is 0 Å². The van der Waals surface area contributed by atoms with Gasteiger partial charge in [0, 0.05) is 16.7 Å². The van der Waals surface area contributed by atoms with E-state index < -0.39 is 0 Å². The SMILES string of the molecule is CCNC(CF)Cc1ccc2c(c1)CCS2. The first-order chi connectivity index (χ1) is 7.83. The van der Waals surface area contributed by atoms with Gasteiger partial charge in [-0.25, -0.2) is 4.39 Å². The smallest absolute Gasteiger partial charge is 0.105 e. The number of benzene rings is 1. The van der Waals surface area contributed by atoms with Gasteiger partial charge in [0.25, 0.3) is 0 Å². The van der Waals surface area contributed by atoms with Crippen LogP contribution in [-0.4, -0.2) is 25.0 Å².